The number of nitrogens with two attached hydrogens (primary N) is 1. The number of hydrogen-bond acceptors (Lipinski definition) is 5. The van der Waals surface area contributed by atoms with Crippen molar-refractivity contribution < 1.29 is 17.9 Å². The molecule has 0 bridgehead atoms. The van der Waals surface area contributed by atoms with Crippen LogP contribution in [-0.2, 0) is 19.6 Å². The zero-order chi connectivity index (χ0) is 14.8. The Balaban J connectivity index is 3.22. The number of nitrogen functional groups attached to an aromatic ring is 1. The van der Waals surface area contributed by atoms with Gasteiger partial charge in [0.15, 0.2) is 0 Å². The Hall–Kier alpha value is -1.60. The van der Waals surface area contributed by atoms with E-state index in [2.05, 4.69) is 9.46 Å². The first kappa shape index (κ1) is 15.5. The highest BCUT2D eigenvalue weighted by atomic mass is 32.2. The molecule has 0 aromatic heterocycles. The quantitative estimate of drug-likeness (QED) is 0.628. The van der Waals surface area contributed by atoms with Gasteiger partial charge >= 0.3 is 5.97 Å². The predicted octanol–water partition coefficient (Wildman–Crippen LogP) is 0.725. The van der Waals surface area contributed by atoms with Crippen molar-refractivity contribution in [2.45, 2.75) is 31.7 Å². The van der Waals surface area contributed by atoms with Crippen LogP contribution in [0.15, 0.2) is 17.0 Å². The van der Waals surface area contributed by atoms with Crippen LogP contribution in [-0.4, -0.2) is 27.5 Å². The Morgan fingerprint density at radius 3 is 2.37 bits per heavy atom. The van der Waals surface area contributed by atoms with E-state index < -0.39 is 22.0 Å². The summed E-state index contributed by atoms with van der Waals surface area (Å²) >= 11 is 0. The van der Waals surface area contributed by atoms with Gasteiger partial charge in [0, 0.05) is 0 Å². The second-order valence-electron chi connectivity index (χ2n) is 4.31. The van der Waals surface area contributed by atoms with E-state index in [-0.39, 0.29) is 10.6 Å². The maximum atomic E-state index is 12.3. The molecule has 0 aliphatic rings. The van der Waals surface area contributed by atoms with Crippen molar-refractivity contribution in [3.8, 4) is 0 Å². The van der Waals surface area contributed by atoms with Gasteiger partial charge in [0.05, 0.1) is 12.8 Å². The lowest BCUT2D eigenvalue weighted by molar-refractivity contribution is -0.142. The van der Waals surface area contributed by atoms with Crippen molar-refractivity contribution in [2.24, 2.45) is 0 Å². The summed E-state index contributed by atoms with van der Waals surface area (Å²) < 4.78 is 31.2. The van der Waals surface area contributed by atoms with Gasteiger partial charge in [-0.15, -0.1) is 0 Å². The monoisotopic (exact) mass is 286 g/mol. The number of aryl methyl sites for hydroxylation is 2. The summed E-state index contributed by atoms with van der Waals surface area (Å²) in [7, 11) is -2.68. The van der Waals surface area contributed by atoms with Crippen LogP contribution in [0.4, 0.5) is 5.69 Å². The first-order chi connectivity index (χ1) is 8.70. The number of carbonyl (C=O) groups excluding carboxylic acids is 1. The maximum absolute atomic E-state index is 12.3. The zero-order valence-electron chi connectivity index (χ0n) is 11.4. The van der Waals surface area contributed by atoms with Gasteiger partial charge in [-0.05, 0) is 31.9 Å². The third-order valence-electron chi connectivity index (χ3n) is 2.77. The van der Waals surface area contributed by atoms with Crippen molar-refractivity contribution in [1.82, 2.24) is 4.72 Å². The average molecular weight is 286 g/mol. The average Bonchev–Trinajstić information content (AvgIpc) is 2.32. The van der Waals surface area contributed by atoms with Gasteiger partial charge < -0.3 is 10.5 Å². The number of esters is 1. The van der Waals surface area contributed by atoms with Crippen LogP contribution in [0.25, 0.3) is 0 Å². The second-order valence-corrected chi connectivity index (χ2v) is 5.96. The van der Waals surface area contributed by atoms with E-state index in [1.165, 1.54) is 14.0 Å². The SMILES string of the molecule is COC(=O)C(C)NS(=O)(=O)c1c(C)ccc(C)c1N. The summed E-state index contributed by atoms with van der Waals surface area (Å²) in [5.74, 6) is -0.660. The van der Waals surface area contributed by atoms with Crippen LogP contribution in [0.2, 0.25) is 0 Å². The molecule has 1 unspecified atom stereocenters. The molecule has 0 saturated heterocycles. The van der Waals surface area contributed by atoms with Crippen LogP contribution in [0.5, 0.6) is 0 Å². The summed E-state index contributed by atoms with van der Waals surface area (Å²) in [6.07, 6.45) is 0. The summed E-state index contributed by atoms with van der Waals surface area (Å²) in [4.78, 5) is 11.3. The van der Waals surface area contributed by atoms with Crippen molar-refractivity contribution in [3.63, 3.8) is 0 Å². The molecule has 3 N–H and O–H groups in total. The molecule has 7 heteroatoms. The van der Waals surface area contributed by atoms with Crippen LogP contribution >= 0.6 is 0 Å². The van der Waals surface area contributed by atoms with E-state index >= 15 is 0 Å². The molecular formula is C12H18N2O4S. The molecule has 6 nitrogen and oxygen atoms in total. The highest BCUT2D eigenvalue weighted by Crippen LogP contribution is 2.25. The fourth-order valence-corrected chi connectivity index (χ4v) is 3.30. The minimum absolute atomic E-state index is 0.00301. The van der Waals surface area contributed by atoms with E-state index in [0.29, 0.717) is 11.1 Å². The topological polar surface area (TPSA) is 98.5 Å². The molecule has 0 amide bonds. The van der Waals surface area contributed by atoms with Crippen LogP contribution in [0.3, 0.4) is 0 Å². The molecule has 0 radical (unpaired) electrons. The number of ether oxygens (including phenoxy) is 1. The van der Waals surface area contributed by atoms with Crippen LogP contribution < -0.4 is 10.5 Å². The molecular weight excluding hydrogens is 268 g/mol. The molecule has 0 heterocycles. The minimum atomic E-state index is -3.87. The highest BCUT2D eigenvalue weighted by molar-refractivity contribution is 7.89. The van der Waals surface area contributed by atoms with E-state index in [9.17, 15) is 13.2 Å². The predicted molar refractivity (Wildman–Crippen MR) is 72.1 cm³/mol. The first-order valence-corrected chi connectivity index (χ1v) is 7.15. The van der Waals surface area contributed by atoms with Crippen LogP contribution in [0.1, 0.15) is 18.1 Å². The molecule has 1 aromatic rings. The molecule has 0 spiro atoms. The van der Waals surface area contributed by atoms with E-state index in [1.807, 2.05) is 0 Å². The number of anilines is 1. The lowest BCUT2D eigenvalue weighted by Crippen LogP contribution is -2.39. The van der Waals surface area contributed by atoms with Gasteiger partial charge in [-0.3, -0.25) is 4.79 Å². The van der Waals surface area contributed by atoms with Crippen molar-refractivity contribution >= 4 is 21.7 Å². The van der Waals surface area contributed by atoms with E-state index in [0.717, 1.165) is 0 Å². The number of sulfonamides is 1. The number of methoxy groups -OCH3 is 1. The Labute approximate surface area is 113 Å². The van der Waals surface area contributed by atoms with E-state index in [4.69, 9.17) is 5.73 Å². The lowest BCUT2D eigenvalue weighted by Gasteiger charge is -2.16. The molecule has 1 atom stereocenters. The van der Waals surface area contributed by atoms with Gasteiger partial charge in [-0.2, -0.15) is 4.72 Å². The summed E-state index contributed by atoms with van der Waals surface area (Å²) in [5, 5.41) is 0. The second kappa shape index (κ2) is 5.58. The molecule has 0 aliphatic heterocycles. The Morgan fingerprint density at radius 2 is 1.84 bits per heavy atom. The summed E-state index contributed by atoms with van der Waals surface area (Å²) in [5.41, 5.74) is 7.19. The fraction of sp³-hybridized carbons (Fsp3) is 0.417. The fourth-order valence-electron chi connectivity index (χ4n) is 1.68. The normalized spacial score (nSPS) is 13.1. The zero-order valence-corrected chi connectivity index (χ0v) is 12.2. The number of nitrogens with one attached hydrogen (secondary N) is 1. The van der Waals surface area contributed by atoms with Gasteiger partial charge in [-0.25, -0.2) is 8.42 Å². The van der Waals surface area contributed by atoms with E-state index in [1.54, 1.807) is 26.0 Å². The van der Waals surface area contributed by atoms with Gasteiger partial charge in [0.2, 0.25) is 10.0 Å². The third-order valence-corrected chi connectivity index (χ3v) is 4.51. The molecule has 0 saturated carbocycles. The maximum Gasteiger partial charge on any atom is 0.323 e. The van der Waals surface area contributed by atoms with Crippen molar-refractivity contribution in [3.05, 3.63) is 23.3 Å². The van der Waals surface area contributed by atoms with Gasteiger partial charge in [-0.1, -0.05) is 12.1 Å². The third kappa shape index (κ3) is 3.24. The Bertz CT molecular complexity index is 596. The molecule has 106 valence electrons. The minimum Gasteiger partial charge on any atom is -0.468 e. The standard InChI is InChI=1S/C12H18N2O4S/c1-7-5-6-8(2)11(10(7)13)19(16,17)14-9(3)12(15)18-4/h5-6,9,14H,13H2,1-4H3. The Kier molecular flexibility index (Phi) is 4.54. The smallest absolute Gasteiger partial charge is 0.323 e. The molecule has 1 aromatic carbocycles. The molecule has 0 fully saturated rings. The lowest BCUT2D eigenvalue weighted by atomic mass is 10.1. The van der Waals surface area contributed by atoms with Crippen molar-refractivity contribution in [2.75, 3.05) is 12.8 Å². The number of hydrogen-bond donors (Lipinski definition) is 2. The Morgan fingerprint density at radius 1 is 1.32 bits per heavy atom. The van der Waals surface area contributed by atoms with Gasteiger partial charge in [0.1, 0.15) is 10.9 Å². The van der Waals surface area contributed by atoms with Gasteiger partial charge in [0.25, 0.3) is 0 Å². The summed E-state index contributed by atoms with van der Waals surface area (Å²) in [6.45, 7) is 4.77. The molecule has 19 heavy (non-hydrogen) atoms. The highest BCUT2D eigenvalue weighted by Gasteiger charge is 2.26. The number of benzene rings is 1. The van der Waals surface area contributed by atoms with Crippen LogP contribution in [0, 0.1) is 13.8 Å². The number of rotatable bonds is 4. The van der Waals surface area contributed by atoms with Crippen molar-refractivity contribution in [1.29, 1.82) is 0 Å². The molecule has 1 rings (SSSR count). The number of carbonyl (C=O) groups is 1. The summed E-state index contributed by atoms with van der Waals surface area (Å²) in [6, 6.07) is 2.44. The molecule has 0 aliphatic carbocycles. The largest absolute Gasteiger partial charge is 0.468 e. The first-order valence-electron chi connectivity index (χ1n) is 5.66.